The summed E-state index contributed by atoms with van der Waals surface area (Å²) in [5.74, 6) is -2.46. The van der Waals surface area contributed by atoms with Gasteiger partial charge in [-0.3, -0.25) is 9.59 Å². The van der Waals surface area contributed by atoms with Crippen molar-refractivity contribution in [1.29, 1.82) is 0 Å². The first-order chi connectivity index (χ1) is 14.3. The van der Waals surface area contributed by atoms with E-state index in [0.29, 0.717) is 18.6 Å². The van der Waals surface area contributed by atoms with Crippen molar-refractivity contribution in [3.63, 3.8) is 0 Å². The molecule has 1 amide bonds. The van der Waals surface area contributed by atoms with Gasteiger partial charge in [-0.15, -0.1) is 0 Å². The fraction of sp³-hybridized carbons (Fsp3) is 0.304. The monoisotopic (exact) mass is 413 g/mol. The van der Waals surface area contributed by atoms with E-state index in [1.54, 1.807) is 12.1 Å². The number of benzene rings is 2. The SMILES string of the molecule is CC(C)OCCCN1C(=O)C(=O)/C(=C(\O)c2ccc(F)cc2)C1c1cccc(O)c1. The van der Waals surface area contributed by atoms with Gasteiger partial charge in [0, 0.05) is 18.7 Å². The molecule has 1 heterocycles. The highest BCUT2D eigenvalue weighted by atomic mass is 19.1. The molecule has 158 valence electrons. The lowest BCUT2D eigenvalue weighted by atomic mass is 9.95. The van der Waals surface area contributed by atoms with E-state index in [1.807, 2.05) is 13.8 Å². The second-order valence-electron chi connectivity index (χ2n) is 7.37. The molecule has 3 rings (SSSR count). The highest BCUT2D eigenvalue weighted by Crippen LogP contribution is 2.40. The van der Waals surface area contributed by atoms with Crippen molar-refractivity contribution >= 4 is 17.4 Å². The number of ketones is 1. The predicted molar refractivity (Wildman–Crippen MR) is 109 cm³/mol. The van der Waals surface area contributed by atoms with E-state index >= 15 is 0 Å². The number of likely N-dealkylation sites (tertiary alicyclic amines) is 1. The van der Waals surface area contributed by atoms with Gasteiger partial charge in [-0.05, 0) is 62.2 Å². The van der Waals surface area contributed by atoms with Gasteiger partial charge in [0.25, 0.3) is 11.7 Å². The Balaban J connectivity index is 2.03. The van der Waals surface area contributed by atoms with Crippen molar-refractivity contribution < 1.29 is 28.9 Å². The molecule has 0 bridgehead atoms. The minimum atomic E-state index is -0.874. The molecule has 1 aliphatic rings. The summed E-state index contributed by atoms with van der Waals surface area (Å²) >= 11 is 0. The topological polar surface area (TPSA) is 87.1 Å². The van der Waals surface area contributed by atoms with E-state index in [1.165, 1.54) is 29.2 Å². The van der Waals surface area contributed by atoms with Crippen molar-refractivity contribution in [3.05, 3.63) is 71.0 Å². The quantitative estimate of drug-likeness (QED) is 0.312. The zero-order valence-corrected chi connectivity index (χ0v) is 16.8. The molecule has 0 saturated carbocycles. The number of rotatable bonds is 7. The smallest absolute Gasteiger partial charge is 0.295 e. The zero-order valence-electron chi connectivity index (χ0n) is 16.8. The van der Waals surface area contributed by atoms with Crippen LogP contribution in [0.1, 0.15) is 37.4 Å². The molecule has 0 spiro atoms. The number of hydrogen-bond donors (Lipinski definition) is 2. The van der Waals surface area contributed by atoms with Crippen molar-refractivity contribution in [2.24, 2.45) is 0 Å². The molecule has 1 fully saturated rings. The van der Waals surface area contributed by atoms with Crippen LogP contribution in [0.3, 0.4) is 0 Å². The number of Topliss-reactive ketones (excluding diaryl/α,β-unsaturated/α-hetero) is 1. The second kappa shape index (κ2) is 9.09. The number of nitrogens with zero attached hydrogens (tertiary/aromatic N) is 1. The number of halogens is 1. The maximum absolute atomic E-state index is 13.3. The molecule has 2 aromatic rings. The predicted octanol–water partition coefficient (Wildman–Crippen LogP) is 3.77. The molecule has 1 atom stereocenters. The summed E-state index contributed by atoms with van der Waals surface area (Å²) in [6.45, 7) is 4.45. The average Bonchev–Trinajstić information content (AvgIpc) is 2.96. The number of carbonyl (C=O) groups excluding carboxylic acids is 2. The zero-order chi connectivity index (χ0) is 21.8. The summed E-state index contributed by atoms with van der Waals surface area (Å²) in [7, 11) is 0. The van der Waals surface area contributed by atoms with E-state index in [0.717, 1.165) is 12.1 Å². The van der Waals surface area contributed by atoms with E-state index < -0.39 is 23.5 Å². The van der Waals surface area contributed by atoms with Gasteiger partial charge < -0.3 is 19.8 Å². The second-order valence-corrected chi connectivity index (χ2v) is 7.37. The van der Waals surface area contributed by atoms with E-state index in [-0.39, 0.29) is 35.3 Å². The van der Waals surface area contributed by atoms with Crippen LogP contribution in [-0.4, -0.2) is 46.1 Å². The summed E-state index contributed by atoms with van der Waals surface area (Å²) < 4.78 is 18.8. The third-order valence-corrected chi connectivity index (χ3v) is 4.84. The number of hydrogen-bond acceptors (Lipinski definition) is 5. The first-order valence-electron chi connectivity index (χ1n) is 9.74. The van der Waals surface area contributed by atoms with Gasteiger partial charge in [-0.1, -0.05) is 12.1 Å². The number of aromatic hydroxyl groups is 1. The van der Waals surface area contributed by atoms with Crippen LogP contribution >= 0.6 is 0 Å². The van der Waals surface area contributed by atoms with Crippen LogP contribution in [0.2, 0.25) is 0 Å². The van der Waals surface area contributed by atoms with E-state index in [4.69, 9.17) is 4.74 Å². The van der Waals surface area contributed by atoms with Crippen molar-refractivity contribution in [2.75, 3.05) is 13.2 Å². The Morgan fingerprint density at radius 3 is 2.50 bits per heavy atom. The molecular formula is C23H24FNO5. The van der Waals surface area contributed by atoms with Gasteiger partial charge in [-0.25, -0.2) is 4.39 Å². The Morgan fingerprint density at radius 2 is 1.87 bits per heavy atom. The summed E-state index contributed by atoms with van der Waals surface area (Å²) in [5, 5.41) is 20.7. The minimum Gasteiger partial charge on any atom is -0.508 e. The Hall–Kier alpha value is -3.19. The van der Waals surface area contributed by atoms with E-state index in [9.17, 15) is 24.2 Å². The highest BCUT2D eigenvalue weighted by Gasteiger charge is 2.45. The number of aliphatic hydroxyl groups is 1. The third kappa shape index (κ3) is 4.52. The van der Waals surface area contributed by atoms with Crippen LogP contribution in [0.5, 0.6) is 5.75 Å². The van der Waals surface area contributed by atoms with Gasteiger partial charge in [0.05, 0.1) is 17.7 Å². The summed E-state index contributed by atoms with van der Waals surface area (Å²) in [6, 6.07) is 10.3. The molecule has 1 unspecified atom stereocenters. The van der Waals surface area contributed by atoms with Crippen LogP contribution < -0.4 is 0 Å². The number of phenols is 1. The Bertz CT molecular complexity index is 968. The van der Waals surface area contributed by atoms with Gasteiger partial charge in [-0.2, -0.15) is 0 Å². The minimum absolute atomic E-state index is 0.0250. The molecule has 0 radical (unpaired) electrons. The van der Waals surface area contributed by atoms with Gasteiger partial charge in [0.15, 0.2) is 0 Å². The molecule has 2 N–H and O–H groups in total. The lowest BCUT2D eigenvalue weighted by Gasteiger charge is -2.25. The summed E-state index contributed by atoms with van der Waals surface area (Å²) in [6.07, 6.45) is 0.539. The maximum Gasteiger partial charge on any atom is 0.295 e. The highest BCUT2D eigenvalue weighted by molar-refractivity contribution is 6.46. The molecule has 0 aliphatic carbocycles. The largest absolute Gasteiger partial charge is 0.508 e. The van der Waals surface area contributed by atoms with E-state index in [2.05, 4.69) is 0 Å². The van der Waals surface area contributed by atoms with Gasteiger partial charge in [0.2, 0.25) is 0 Å². The van der Waals surface area contributed by atoms with Crippen LogP contribution in [0.15, 0.2) is 54.1 Å². The van der Waals surface area contributed by atoms with Crippen LogP contribution in [0, 0.1) is 5.82 Å². The molecule has 1 aliphatic heterocycles. The molecule has 30 heavy (non-hydrogen) atoms. The first-order valence-corrected chi connectivity index (χ1v) is 9.74. The molecule has 1 saturated heterocycles. The van der Waals surface area contributed by atoms with Crippen molar-refractivity contribution in [2.45, 2.75) is 32.4 Å². The molecule has 7 heteroatoms. The number of ether oxygens (including phenoxy) is 1. The summed E-state index contributed by atoms with van der Waals surface area (Å²) in [5.41, 5.74) is 0.618. The first kappa shape index (κ1) is 21.5. The van der Waals surface area contributed by atoms with Crippen LogP contribution in [0.25, 0.3) is 5.76 Å². The van der Waals surface area contributed by atoms with Crippen molar-refractivity contribution in [3.8, 4) is 5.75 Å². The van der Waals surface area contributed by atoms with Crippen LogP contribution in [0.4, 0.5) is 4.39 Å². The Kier molecular flexibility index (Phi) is 6.52. The van der Waals surface area contributed by atoms with Crippen LogP contribution in [-0.2, 0) is 14.3 Å². The number of aliphatic hydroxyl groups excluding tert-OH is 1. The van der Waals surface area contributed by atoms with Gasteiger partial charge >= 0.3 is 0 Å². The number of carbonyl (C=O) groups is 2. The standard InChI is InChI=1S/C23H24FNO5/c1-14(2)30-12-4-11-25-20(16-5-3-6-18(26)13-16)19(22(28)23(25)29)21(27)15-7-9-17(24)10-8-15/h3,5-10,13-14,20,26-27H,4,11-12H2,1-2H3/b21-19-. The van der Waals surface area contributed by atoms with Gasteiger partial charge in [0.1, 0.15) is 17.3 Å². The maximum atomic E-state index is 13.3. The molecule has 0 aromatic heterocycles. The Morgan fingerprint density at radius 1 is 1.17 bits per heavy atom. The number of phenolic OH excluding ortho intramolecular Hbond substituents is 1. The Labute approximate surface area is 174 Å². The summed E-state index contributed by atoms with van der Waals surface area (Å²) in [4.78, 5) is 27.0. The fourth-order valence-electron chi connectivity index (χ4n) is 3.47. The lowest BCUT2D eigenvalue weighted by molar-refractivity contribution is -0.140. The number of amides is 1. The fourth-order valence-corrected chi connectivity index (χ4v) is 3.47. The molecule has 6 nitrogen and oxygen atoms in total. The lowest BCUT2D eigenvalue weighted by Crippen LogP contribution is -2.31. The molecule has 2 aromatic carbocycles. The average molecular weight is 413 g/mol. The normalized spacial score (nSPS) is 18.4. The third-order valence-electron chi connectivity index (χ3n) is 4.84. The van der Waals surface area contributed by atoms with Crippen molar-refractivity contribution in [1.82, 2.24) is 4.90 Å². The molecular weight excluding hydrogens is 389 g/mol.